The SMILES string of the molecule is CN1CCC(N(Cc2ccncc2)C(=O)/C=C/c2cnc(N(C)C)nc2)CC1. The summed E-state index contributed by atoms with van der Waals surface area (Å²) in [6, 6.07) is 4.17. The van der Waals surface area contributed by atoms with Gasteiger partial charge in [-0.25, -0.2) is 9.97 Å². The van der Waals surface area contributed by atoms with Crippen LogP contribution in [0.4, 0.5) is 5.95 Å². The minimum atomic E-state index is 0.0167. The fourth-order valence-electron chi connectivity index (χ4n) is 3.29. The molecule has 3 heterocycles. The molecular weight excluding hydrogens is 352 g/mol. The molecule has 1 aliphatic rings. The van der Waals surface area contributed by atoms with Crippen molar-refractivity contribution in [1.82, 2.24) is 24.8 Å². The van der Waals surface area contributed by atoms with Gasteiger partial charge in [0.25, 0.3) is 0 Å². The third-order valence-corrected chi connectivity index (χ3v) is 4.99. The molecule has 1 fully saturated rings. The Morgan fingerprint density at radius 1 is 1.18 bits per heavy atom. The van der Waals surface area contributed by atoms with Gasteiger partial charge in [0.05, 0.1) is 0 Å². The van der Waals surface area contributed by atoms with Gasteiger partial charge in [-0.15, -0.1) is 0 Å². The second kappa shape index (κ2) is 9.41. The van der Waals surface area contributed by atoms with Crippen LogP contribution in [0.15, 0.2) is 43.0 Å². The largest absolute Gasteiger partial charge is 0.347 e. The molecule has 3 rings (SSSR count). The van der Waals surface area contributed by atoms with E-state index in [9.17, 15) is 4.79 Å². The van der Waals surface area contributed by atoms with Crippen molar-refractivity contribution in [3.05, 3.63) is 54.1 Å². The minimum absolute atomic E-state index is 0.0167. The number of hydrogen-bond donors (Lipinski definition) is 0. The Morgan fingerprint density at radius 2 is 1.82 bits per heavy atom. The fraction of sp³-hybridized carbons (Fsp3) is 0.429. The topological polar surface area (TPSA) is 65.5 Å². The molecule has 7 heteroatoms. The van der Waals surface area contributed by atoms with Crippen LogP contribution in [0.3, 0.4) is 0 Å². The zero-order valence-electron chi connectivity index (χ0n) is 16.8. The Kier molecular flexibility index (Phi) is 6.71. The summed E-state index contributed by atoms with van der Waals surface area (Å²) in [5, 5.41) is 0. The number of carbonyl (C=O) groups excluding carboxylic acids is 1. The first-order valence-electron chi connectivity index (χ1n) is 9.58. The molecule has 1 saturated heterocycles. The number of rotatable bonds is 6. The van der Waals surface area contributed by atoms with Crippen molar-refractivity contribution in [3.63, 3.8) is 0 Å². The monoisotopic (exact) mass is 380 g/mol. The van der Waals surface area contributed by atoms with Crippen LogP contribution in [0, 0.1) is 0 Å². The van der Waals surface area contributed by atoms with Crippen LogP contribution in [0.2, 0.25) is 0 Å². The standard InChI is InChI=1S/C21H28N6O/c1-25(2)21-23-14-18(15-24-21)4-5-20(28)27(16-17-6-10-22-11-7-17)19-8-12-26(3)13-9-19/h4-7,10-11,14-15,19H,8-9,12-13,16H2,1-3H3/b5-4+. The molecule has 1 amide bonds. The Labute approximate surface area is 166 Å². The van der Waals surface area contributed by atoms with E-state index >= 15 is 0 Å². The number of likely N-dealkylation sites (tertiary alicyclic amines) is 1. The maximum atomic E-state index is 13.0. The zero-order valence-corrected chi connectivity index (χ0v) is 16.8. The van der Waals surface area contributed by atoms with E-state index in [-0.39, 0.29) is 11.9 Å². The van der Waals surface area contributed by atoms with E-state index in [2.05, 4.69) is 26.9 Å². The number of hydrogen-bond acceptors (Lipinski definition) is 6. The lowest BCUT2D eigenvalue weighted by atomic mass is 10.0. The zero-order chi connectivity index (χ0) is 19.9. The van der Waals surface area contributed by atoms with Gasteiger partial charge in [-0.2, -0.15) is 0 Å². The van der Waals surface area contributed by atoms with E-state index in [0.29, 0.717) is 12.5 Å². The Balaban J connectivity index is 1.73. The lowest BCUT2D eigenvalue weighted by Gasteiger charge is -2.37. The molecule has 0 N–H and O–H groups in total. The van der Waals surface area contributed by atoms with E-state index in [1.165, 1.54) is 0 Å². The van der Waals surface area contributed by atoms with Gasteiger partial charge in [0, 0.05) is 63.1 Å². The van der Waals surface area contributed by atoms with Crippen LogP contribution < -0.4 is 4.90 Å². The molecule has 7 nitrogen and oxygen atoms in total. The molecule has 0 aliphatic carbocycles. The number of carbonyl (C=O) groups is 1. The van der Waals surface area contributed by atoms with Crippen molar-refractivity contribution >= 4 is 17.9 Å². The third kappa shape index (κ3) is 5.36. The first-order valence-corrected chi connectivity index (χ1v) is 9.58. The van der Waals surface area contributed by atoms with Crippen LogP contribution in [0.1, 0.15) is 24.0 Å². The molecule has 28 heavy (non-hydrogen) atoms. The molecule has 0 aromatic carbocycles. The second-order valence-electron chi connectivity index (χ2n) is 7.40. The predicted molar refractivity (Wildman–Crippen MR) is 111 cm³/mol. The van der Waals surface area contributed by atoms with E-state index in [4.69, 9.17) is 0 Å². The first-order chi connectivity index (χ1) is 13.5. The summed E-state index contributed by atoms with van der Waals surface area (Å²) >= 11 is 0. The molecule has 2 aromatic heterocycles. The summed E-state index contributed by atoms with van der Waals surface area (Å²) in [7, 11) is 5.92. The molecule has 2 aromatic rings. The number of aromatic nitrogens is 3. The summed E-state index contributed by atoms with van der Waals surface area (Å²) < 4.78 is 0. The van der Waals surface area contributed by atoms with E-state index in [1.54, 1.807) is 36.9 Å². The van der Waals surface area contributed by atoms with E-state index < -0.39 is 0 Å². The van der Waals surface area contributed by atoms with Gasteiger partial charge in [0.2, 0.25) is 11.9 Å². The number of piperidine rings is 1. The highest BCUT2D eigenvalue weighted by Crippen LogP contribution is 2.19. The van der Waals surface area contributed by atoms with Crippen molar-refractivity contribution in [2.24, 2.45) is 0 Å². The van der Waals surface area contributed by atoms with Crippen LogP contribution in [-0.4, -0.2) is 70.9 Å². The van der Waals surface area contributed by atoms with Gasteiger partial charge in [-0.3, -0.25) is 9.78 Å². The minimum Gasteiger partial charge on any atom is -0.347 e. The summed E-state index contributed by atoms with van der Waals surface area (Å²) in [6.45, 7) is 2.61. The molecular formula is C21H28N6O. The molecule has 1 aliphatic heterocycles. The van der Waals surface area contributed by atoms with Crippen LogP contribution >= 0.6 is 0 Å². The van der Waals surface area contributed by atoms with Crippen molar-refractivity contribution in [2.45, 2.75) is 25.4 Å². The van der Waals surface area contributed by atoms with Crippen molar-refractivity contribution in [3.8, 4) is 0 Å². The van der Waals surface area contributed by atoms with Gasteiger partial charge in [-0.05, 0) is 56.8 Å². The Hall–Kier alpha value is -2.80. The average molecular weight is 380 g/mol. The Morgan fingerprint density at radius 3 is 2.43 bits per heavy atom. The second-order valence-corrected chi connectivity index (χ2v) is 7.40. The highest BCUT2D eigenvalue weighted by atomic mass is 16.2. The third-order valence-electron chi connectivity index (χ3n) is 4.99. The van der Waals surface area contributed by atoms with Gasteiger partial charge in [0.15, 0.2) is 0 Å². The molecule has 0 saturated carbocycles. The number of amides is 1. The summed E-state index contributed by atoms with van der Waals surface area (Å²) in [4.78, 5) is 31.8. The molecule has 148 valence electrons. The quantitative estimate of drug-likeness (QED) is 0.715. The number of pyridine rings is 1. The molecule has 0 bridgehead atoms. The van der Waals surface area contributed by atoms with Gasteiger partial charge in [0.1, 0.15) is 0 Å². The smallest absolute Gasteiger partial charge is 0.247 e. The maximum absolute atomic E-state index is 13.0. The summed E-state index contributed by atoms with van der Waals surface area (Å²) in [5.74, 6) is 0.664. The lowest BCUT2D eigenvalue weighted by Crippen LogP contribution is -2.45. The molecule has 0 unspecified atom stereocenters. The highest BCUT2D eigenvalue weighted by molar-refractivity contribution is 5.92. The lowest BCUT2D eigenvalue weighted by molar-refractivity contribution is -0.129. The van der Waals surface area contributed by atoms with Gasteiger partial charge >= 0.3 is 0 Å². The summed E-state index contributed by atoms with van der Waals surface area (Å²) in [6.07, 6.45) is 12.4. The highest BCUT2D eigenvalue weighted by Gasteiger charge is 2.25. The van der Waals surface area contributed by atoms with Gasteiger partial charge < -0.3 is 14.7 Å². The van der Waals surface area contributed by atoms with Crippen molar-refractivity contribution in [1.29, 1.82) is 0 Å². The predicted octanol–water partition coefficient (Wildman–Crippen LogP) is 2.07. The normalized spacial score (nSPS) is 15.7. The van der Waals surface area contributed by atoms with E-state index in [1.807, 2.05) is 36.0 Å². The first kappa shape index (κ1) is 19.9. The van der Waals surface area contributed by atoms with Crippen LogP contribution in [-0.2, 0) is 11.3 Å². The van der Waals surface area contributed by atoms with Gasteiger partial charge in [-0.1, -0.05) is 0 Å². The van der Waals surface area contributed by atoms with Crippen LogP contribution in [0.5, 0.6) is 0 Å². The van der Waals surface area contributed by atoms with Crippen molar-refractivity contribution < 1.29 is 4.79 Å². The fourth-order valence-corrected chi connectivity index (χ4v) is 3.29. The Bertz CT molecular complexity index is 782. The average Bonchev–Trinajstić information content (AvgIpc) is 2.72. The molecule has 0 spiro atoms. The maximum Gasteiger partial charge on any atom is 0.247 e. The molecule has 0 radical (unpaired) electrons. The number of nitrogens with zero attached hydrogens (tertiary/aromatic N) is 6. The summed E-state index contributed by atoms with van der Waals surface area (Å²) in [5.41, 5.74) is 1.90. The van der Waals surface area contributed by atoms with Crippen molar-refractivity contribution in [2.75, 3.05) is 39.1 Å². The molecule has 0 atom stereocenters. The van der Waals surface area contributed by atoms with E-state index in [0.717, 1.165) is 37.1 Å². The number of anilines is 1. The van der Waals surface area contributed by atoms with Crippen LogP contribution in [0.25, 0.3) is 6.08 Å².